The lowest BCUT2D eigenvalue weighted by Crippen LogP contribution is -2.48. The largest absolute Gasteiger partial charge is 0.371 e. The number of anilines is 1. The van der Waals surface area contributed by atoms with Crippen molar-refractivity contribution in [3.8, 4) is 0 Å². The fourth-order valence-electron chi connectivity index (χ4n) is 4.45. The van der Waals surface area contributed by atoms with Gasteiger partial charge < -0.3 is 10.2 Å². The Labute approximate surface area is 145 Å². The Morgan fingerprint density at radius 3 is 2.33 bits per heavy atom. The lowest BCUT2D eigenvalue weighted by molar-refractivity contribution is 0.349. The zero-order chi connectivity index (χ0) is 16.6. The van der Waals surface area contributed by atoms with Gasteiger partial charge in [0.2, 0.25) is 0 Å². The molecule has 0 unspecified atom stereocenters. The first-order valence-electron chi connectivity index (χ1n) is 9.42. The molecule has 1 aromatic rings. The van der Waals surface area contributed by atoms with E-state index in [4.69, 9.17) is 0 Å². The summed E-state index contributed by atoms with van der Waals surface area (Å²) in [6, 6.07) is 7.96. The third kappa shape index (κ3) is 3.62. The molecule has 5 heteroatoms. The molecule has 1 aromatic carbocycles. The van der Waals surface area contributed by atoms with Crippen LogP contribution in [0.15, 0.2) is 18.2 Å². The molecule has 2 fully saturated rings. The Morgan fingerprint density at radius 1 is 0.917 bits per heavy atom. The van der Waals surface area contributed by atoms with Crippen LogP contribution in [0.1, 0.15) is 43.2 Å². The van der Waals surface area contributed by atoms with Gasteiger partial charge in [-0.2, -0.15) is 0 Å². The van der Waals surface area contributed by atoms with E-state index in [0.717, 1.165) is 38.8 Å². The SMILES string of the molecule is O=S1(=O)CCC(NC2CCN(c3ccc4c(c3)CCC4)CC2)CC1. The summed E-state index contributed by atoms with van der Waals surface area (Å²) < 4.78 is 23.1. The van der Waals surface area contributed by atoms with E-state index in [0.29, 0.717) is 23.6 Å². The van der Waals surface area contributed by atoms with Crippen molar-refractivity contribution in [3.05, 3.63) is 29.3 Å². The molecule has 0 saturated carbocycles. The summed E-state index contributed by atoms with van der Waals surface area (Å²) in [5.74, 6) is 0.720. The van der Waals surface area contributed by atoms with Crippen molar-refractivity contribution in [1.82, 2.24) is 5.32 Å². The summed E-state index contributed by atoms with van der Waals surface area (Å²) in [5.41, 5.74) is 4.48. The number of rotatable bonds is 3. The van der Waals surface area contributed by atoms with Crippen LogP contribution in [0, 0.1) is 0 Å². The fourth-order valence-corrected chi connectivity index (χ4v) is 5.94. The van der Waals surface area contributed by atoms with Crippen LogP contribution >= 0.6 is 0 Å². The molecular formula is C19H28N2O2S. The zero-order valence-electron chi connectivity index (χ0n) is 14.3. The van der Waals surface area contributed by atoms with Crippen LogP contribution in [0.25, 0.3) is 0 Å². The lowest BCUT2D eigenvalue weighted by Gasteiger charge is -2.36. The molecule has 0 bridgehead atoms. The molecule has 0 spiro atoms. The normalized spacial score (nSPS) is 24.9. The van der Waals surface area contributed by atoms with Crippen molar-refractivity contribution in [2.75, 3.05) is 29.5 Å². The molecule has 0 atom stereocenters. The molecule has 0 radical (unpaired) electrons. The Kier molecular flexibility index (Phi) is 4.56. The minimum absolute atomic E-state index is 0.360. The van der Waals surface area contributed by atoms with Gasteiger partial charge in [-0.25, -0.2) is 8.42 Å². The molecule has 1 aliphatic carbocycles. The van der Waals surface area contributed by atoms with E-state index in [1.807, 2.05) is 0 Å². The summed E-state index contributed by atoms with van der Waals surface area (Å²) in [4.78, 5) is 2.52. The first kappa shape index (κ1) is 16.4. The number of hydrogen-bond acceptors (Lipinski definition) is 4. The summed E-state index contributed by atoms with van der Waals surface area (Å²) in [7, 11) is -2.75. The number of sulfone groups is 1. The molecule has 4 nitrogen and oxygen atoms in total. The van der Waals surface area contributed by atoms with Crippen LogP contribution in [-0.2, 0) is 22.7 Å². The van der Waals surface area contributed by atoms with Crippen molar-refractivity contribution >= 4 is 15.5 Å². The van der Waals surface area contributed by atoms with E-state index in [-0.39, 0.29) is 0 Å². The first-order chi connectivity index (χ1) is 11.6. The number of benzene rings is 1. The Bertz CT molecular complexity index is 679. The second kappa shape index (κ2) is 6.68. The standard InChI is InChI=1S/C19H28N2O2S/c22-24(23)12-8-18(9-13-24)20-17-6-10-21(11-7-17)19-5-4-15-2-1-3-16(15)14-19/h4-5,14,17-18,20H,1-3,6-13H2. The molecule has 24 heavy (non-hydrogen) atoms. The zero-order valence-corrected chi connectivity index (χ0v) is 15.2. The van der Waals surface area contributed by atoms with E-state index in [1.165, 1.54) is 24.9 Å². The van der Waals surface area contributed by atoms with Gasteiger partial charge in [-0.05, 0) is 68.2 Å². The van der Waals surface area contributed by atoms with Gasteiger partial charge in [0.15, 0.2) is 0 Å². The van der Waals surface area contributed by atoms with Crippen molar-refractivity contribution in [3.63, 3.8) is 0 Å². The van der Waals surface area contributed by atoms with Crippen LogP contribution in [-0.4, -0.2) is 45.1 Å². The Hall–Kier alpha value is -1.07. The van der Waals surface area contributed by atoms with Crippen molar-refractivity contribution in [1.29, 1.82) is 0 Å². The van der Waals surface area contributed by atoms with Crippen LogP contribution in [0.3, 0.4) is 0 Å². The molecule has 0 aromatic heterocycles. The highest BCUT2D eigenvalue weighted by molar-refractivity contribution is 7.91. The number of nitrogens with zero attached hydrogens (tertiary/aromatic N) is 1. The smallest absolute Gasteiger partial charge is 0.150 e. The maximum atomic E-state index is 11.5. The molecule has 2 aliphatic heterocycles. The van der Waals surface area contributed by atoms with Gasteiger partial charge in [-0.1, -0.05) is 6.07 Å². The summed E-state index contributed by atoms with van der Waals surface area (Å²) >= 11 is 0. The lowest BCUT2D eigenvalue weighted by atomic mass is 10.0. The summed E-state index contributed by atoms with van der Waals surface area (Å²) in [5, 5.41) is 3.72. The number of nitrogens with one attached hydrogen (secondary N) is 1. The van der Waals surface area contributed by atoms with Gasteiger partial charge in [0, 0.05) is 30.9 Å². The highest BCUT2D eigenvalue weighted by atomic mass is 32.2. The highest BCUT2D eigenvalue weighted by Crippen LogP contribution is 2.28. The monoisotopic (exact) mass is 348 g/mol. The minimum atomic E-state index is -2.75. The van der Waals surface area contributed by atoms with E-state index < -0.39 is 9.84 Å². The fraction of sp³-hybridized carbons (Fsp3) is 0.684. The third-order valence-corrected chi connectivity index (χ3v) is 7.68. The van der Waals surface area contributed by atoms with Crippen molar-refractivity contribution in [2.24, 2.45) is 0 Å². The number of piperidine rings is 1. The second-order valence-electron chi connectivity index (χ2n) is 7.66. The Balaban J connectivity index is 1.29. The van der Waals surface area contributed by atoms with E-state index in [2.05, 4.69) is 28.4 Å². The predicted molar refractivity (Wildman–Crippen MR) is 98.5 cm³/mol. The molecule has 4 rings (SSSR count). The molecule has 132 valence electrons. The predicted octanol–water partition coefficient (Wildman–Crippen LogP) is 2.31. The van der Waals surface area contributed by atoms with E-state index >= 15 is 0 Å². The van der Waals surface area contributed by atoms with Crippen molar-refractivity contribution in [2.45, 2.75) is 57.0 Å². The average Bonchev–Trinajstić information content (AvgIpc) is 3.05. The molecule has 1 N–H and O–H groups in total. The maximum Gasteiger partial charge on any atom is 0.150 e. The molecular weight excluding hydrogens is 320 g/mol. The van der Waals surface area contributed by atoms with Crippen LogP contribution in [0.4, 0.5) is 5.69 Å². The van der Waals surface area contributed by atoms with Gasteiger partial charge in [0.1, 0.15) is 9.84 Å². The Morgan fingerprint density at radius 2 is 1.58 bits per heavy atom. The molecule has 2 saturated heterocycles. The maximum absolute atomic E-state index is 11.5. The van der Waals surface area contributed by atoms with E-state index in [9.17, 15) is 8.42 Å². The number of aryl methyl sites for hydroxylation is 2. The van der Waals surface area contributed by atoms with Gasteiger partial charge in [0.25, 0.3) is 0 Å². The summed E-state index contributed by atoms with van der Waals surface area (Å²) in [6.45, 7) is 2.20. The molecule has 3 aliphatic rings. The minimum Gasteiger partial charge on any atom is -0.371 e. The molecule has 2 heterocycles. The van der Waals surface area contributed by atoms with E-state index in [1.54, 1.807) is 11.1 Å². The van der Waals surface area contributed by atoms with Crippen LogP contribution in [0.5, 0.6) is 0 Å². The van der Waals surface area contributed by atoms with Crippen LogP contribution < -0.4 is 10.2 Å². The quantitative estimate of drug-likeness (QED) is 0.911. The highest BCUT2D eigenvalue weighted by Gasteiger charge is 2.27. The van der Waals surface area contributed by atoms with Gasteiger partial charge in [0.05, 0.1) is 11.5 Å². The van der Waals surface area contributed by atoms with Gasteiger partial charge >= 0.3 is 0 Å². The third-order valence-electron chi connectivity index (χ3n) is 5.97. The molecule has 0 amide bonds. The second-order valence-corrected chi connectivity index (χ2v) is 9.96. The number of fused-ring (bicyclic) bond motifs is 1. The summed E-state index contributed by atoms with van der Waals surface area (Å²) in [6.07, 6.45) is 7.67. The van der Waals surface area contributed by atoms with Gasteiger partial charge in [-0.15, -0.1) is 0 Å². The van der Waals surface area contributed by atoms with Crippen LogP contribution in [0.2, 0.25) is 0 Å². The first-order valence-corrected chi connectivity index (χ1v) is 11.2. The van der Waals surface area contributed by atoms with Gasteiger partial charge in [-0.3, -0.25) is 0 Å². The van der Waals surface area contributed by atoms with Crippen molar-refractivity contribution < 1.29 is 8.42 Å². The topological polar surface area (TPSA) is 49.4 Å². The average molecular weight is 349 g/mol. The number of hydrogen-bond donors (Lipinski definition) is 1.